The third kappa shape index (κ3) is 6.97. The van der Waals surface area contributed by atoms with Crippen LogP contribution in [0.5, 0.6) is 0 Å². The second-order valence-corrected chi connectivity index (χ2v) is 12.8. The highest BCUT2D eigenvalue weighted by Crippen LogP contribution is 2.41. The molecule has 1 amide bonds. The Hall–Kier alpha value is -3.61. The van der Waals surface area contributed by atoms with E-state index >= 15 is 0 Å². The van der Waals surface area contributed by atoms with Gasteiger partial charge in [0, 0.05) is 50.2 Å². The molecule has 0 saturated carbocycles. The van der Waals surface area contributed by atoms with Crippen molar-refractivity contribution in [1.29, 1.82) is 5.26 Å². The lowest BCUT2D eigenvalue weighted by Gasteiger charge is -2.33. The van der Waals surface area contributed by atoms with E-state index in [-0.39, 0.29) is 17.9 Å². The Kier molecular flexibility index (Phi) is 9.91. The molecule has 2 fully saturated rings. The molecular formula is C35H38Cl2N6O2. The molecule has 0 bridgehead atoms. The molecular weight excluding hydrogens is 607 g/mol. The Morgan fingerprint density at radius 1 is 0.933 bits per heavy atom. The predicted octanol–water partition coefficient (Wildman–Crippen LogP) is 6.27. The number of anilines is 1. The highest BCUT2D eigenvalue weighted by molar-refractivity contribution is 6.42. The number of fused-ring (bicyclic) bond motifs is 1. The average molecular weight is 646 g/mol. The summed E-state index contributed by atoms with van der Waals surface area (Å²) in [7, 11) is 0. The lowest BCUT2D eigenvalue weighted by molar-refractivity contribution is 0.0781. The summed E-state index contributed by atoms with van der Waals surface area (Å²) in [5.74, 6) is 1.03. The number of rotatable bonds is 10. The van der Waals surface area contributed by atoms with Gasteiger partial charge in [-0.1, -0.05) is 59.6 Å². The topological polar surface area (TPSA) is 77.6 Å². The van der Waals surface area contributed by atoms with Crippen molar-refractivity contribution in [1.82, 2.24) is 19.4 Å². The summed E-state index contributed by atoms with van der Waals surface area (Å²) >= 11 is 12.8. The normalized spacial score (nSPS) is 19.1. The number of amides is 1. The van der Waals surface area contributed by atoms with Crippen LogP contribution < -0.4 is 4.90 Å². The summed E-state index contributed by atoms with van der Waals surface area (Å²) in [5.41, 5.74) is 3.70. The minimum absolute atomic E-state index is 0.0730. The third-order valence-electron chi connectivity index (χ3n) is 9.23. The Morgan fingerprint density at radius 3 is 2.58 bits per heavy atom. The van der Waals surface area contributed by atoms with Gasteiger partial charge < -0.3 is 24.0 Å². The molecule has 8 nitrogen and oxygen atoms in total. The van der Waals surface area contributed by atoms with Gasteiger partial charge in [0.2, 0.25) is 5.95 Å². The van der Waals surface area contributed by atoms with Crippen LogP contribution in [0.4, 0.5) is 5.95 Å². The molecule has 2 aliphatic rings. The van der Waals surface area contributed by atoms with E-state index in [1.54, 1.807) is 0 Å². The fraction of sp³-hybridized carbons (Fsp3) is 0.400. The van der Waals surface area contributed by atoms with E-state index < -0.39 is 0 Å². The Morgan fingerprint density at radius 2 is 1.76 bits per heavy atom. The maximum Gasteiger partial charge on any atom is 0.253 e. The highest BCUT2D eigenvalue weighted by Gasteiger charge is 2.42. The third-order valence-corrected chi connectivity index (χ3v) is 9.97. The van der Waals surface area contributed by atoms with Crippen LogP contribution in [-0.4, -0.2) is 84.3 Å². The molecule has 3 heterocycles. The highest BCUT2D eigenvalue weighted by atomic mass is 35.5. The zero-order valence-electron chi connectivity index (χ0n) is 25.4. The monoisotopic (exact) mass is 644 g/mol. The van der Waals surface area contributed by atoms with Gasteiger partial charge in [0.25, 0.3) is 5.91 Å². The smallest absolute Gasteiger partial charge is 0.253 e. The van der Waals surface area contributed by atoms with Gasteiger partial charge in [-0.2, -0.15) is 5.26 Å². The second-order valence-electron chi connectivity index (χ2n) is 11.9. The van der Waals surface area contributed by atoms with Gasteiger partial charge in [0.05, 0.1) is 33.8 Å². The first-order valence-corrected chi connectivity index (χ1v) is 16.4. The number of nitriles is 1. The summed E-state index contributed by atoms with van der Waals surface area (Å²) in [6, 6.07) is 25.7. The SMILES string of the molecule is N#CCOCCn1c(N2CCCN(CCC3(c4ccc(Cl)c(Cl)c4)CCN(C(=O)c4ccccc4)C3)CC2)nc2ccccc21. The number of aromatic nitrogens is 2. The summed E-state index contributed by atoms with van der Waals surface area (Å²) in [4.78, 5) is 25.4. The first-order chi connectivity index (χ1) is 22.0. The van der Waals surface area contributed by atoms with Gasteiger partial charge in [-0.25, -0.2) is 4.98 Å². The summed E-state index contributed by atoms with van der Waals surface area (Å²) < 4.78 is 7.72. The number of carbonyl (C=O) groups is 1. The van der Waals surface area contributed by atoms with E-state index in [1.807, 2.05) is 71.6 Å². The molecule has 45 heavy (non-hydrogen) atoms. The van der Waals surface area contributed by atoms with Crippen molar-refractivity contribution in [2.24, 2.45) is 0 Å². The van der Waals surface area contributed by atoms with Crippen LogP contribution in [0.15, 0.2) is 72.8 Å². The second kappa shape index (κ2) is 14.2. The largest absolute Gasteiger partial charge is 0.365 e. The van der Waals surface area contributed by atoms with Crippen LogP contribution >= 0.6 is 23.2 Å². The first-order valence-electron chi connectivity index (χ1n) is 15.6. The molecule has 0 N–H and O–H groups in total. The molecule has 3 aromatic carbocycles. The van der Waals surface area contributed by atoms with Crippen molar-refractivity contribution < 1.29 is 9.53 Å². The van der Waals surface area contributed by atoms with Crippen LogP contribution in [0.2, 0.25) is 10.0 Å². The molecule has 0 spiro atoms. The van der Waals surface area contributed by atoms with Crippen LogP contribution in [0, 0.1) is 11.3 Å². The van der Waals surface area contributed by atoms with Crippen molar-refractivity contribution in [2.45, 2.75) is 31.2 Å². The van der Waals surface area contributed by atoms with E-state index in [1.165, 1.54) is 0 Å². The molecule has 1 aromatic heterocycles. The first kappa shape index (κ1) is 31.4. The van der Waals surface area contributed by atoms with Crippen molar-refractivity contribution in [3.63, 3.8) is 0 Å². The Balaban J connectivity index is 1.16. The van der Waals surface area contributed by atoms with E-state index in [4.69, 9.17) is 38.2 Å². The number of imidazole rings is 1. The number of nitrogens with zero attached hydrogens (tertiary/aromatic N) is 6. The van der Waals surface area contributed by atoms with E-state index in [9.17, 15) is 4.79 Å². The molecule has 10 heteroatoms. The zero-order valence-corrected chi connectivity index (χ0v) is 26.9. The lowest BCUT2D eigenvalue weighted by atomic mass is 9.76. The minimum Gasteiger partial charge on any atom is -0.365 e. The number of benzene rings is 3. The molecule has 1 atom stereocenters. The van der Waals surface area contributed by atoms with Crippen LogP contribution in [-0.2, 0) is 16.7 Å². The van der Waals surface area contributed by atoms with Crippen LogP contribution in [0.1, 0.15) is 35.2 Å². The van der Waals surface area contributed by atoms with Gasteiger partial charge in [-0.3, -0.25) is 4.79 Å². The fourth-order valence-corrected chi connectivity index (χ4v) is 7.08. The van der Waals surface area contributed by atoms with Gasteiger partial charge in [-0.15, -0.1) is 0 Å². The number of carbonyl (C=O) groups excluding carboxylic acids is 1. The van der Waals surface area contributed by atoms with Crippen molar-refractivity contribution in [3.8, 4) is 6.07 Å². The molecule has 6 rings (SSSR count). The van der Waals surface area contributed by atoms with Gasteiger partial charge >= 0.3 is 0 Å². The summed E-state index contributed by atoms with van der Waals surface area (Å²) in [5, 5.41) is 9.97. The molecule has 4 aromatic rings. The number of para-hydroxylation sites is 2. The fourth-order valence-electron chi connectivity index (χ4n) is 6.78. The van der Waals surface area contributed by atoms with E-state index in [0.29, 0.717) is 36.3 Å². The predicted molar refractivity (Wildman–Crippen MR) is 179 cm³/mol. The number of hydrogen-bond acceptors (Lipinski definition) is 6. The molecule has 234 valence electrons. The van der Waals surface area contributed by atoms with Gasteiger partial charge in [0.15, 0.2) is 0 Å². The summed E-state index contributed by atoms with van der Waals surface area (Å²) in [6.07, 6.45) is 2.81. The molecule has 0 aliphatic carbocycles. The number of halogens is 2. The van der Waals surface area contributed by atoms with E-state index in [2.05, 4.69) is 26.5 Å². The number of likely N-dealkylation sites (tertiary alicyclic amines) is 1. The van der Waals surface area contributed by atoms with E-state index in [0.717, 1.165) is 80.1 Å². The maximum atomic E-state index is 13.4. The van der Waals surface area contributed by atoms with Crippen LogP contribution in [0.25, 0.3) is 11.0 Å². The molecule has 2 saturated heterocycles. The summed E-state index contributed by atoms with van der Waals surface area (Å²) in [6.45, 7) is 7.14. The van der Waals surface area contributed by atoms with Gasteiger partial charge in [-0.05, 0) is 74.3 Å². The van der Waals surface area contributed by atoms with Crippen molar-refractivity contribution >= 4 is 46.1 Å². The van der Waals surface area contributed by atoms with Crippen LogP contribution in [0.3, 0.4) is 0 Å². The Bertz CT molecular complexity index is 1670. The molecule has 2 aliphatic heterocycles. The lowest BCUT2D eigenvalue weighted by Crippen LogP contribution is -2.39. The minimum atomic E-state index is -0.206. The molecule has 0 radical (unpaired) electrons. The maximum absolute atomic E-state index is 13.4. The Labute approximate surface area is 274 Å². The number of hydrogen-bond donors (Lipinski definition) is 0. The molecule has 1 unspecified atom stereocenters. The standard InChI is InChI=1S/C35H38Cl2N6O2/c36-29-12-11-28(25-30(29)37)35(14-19-42(26-35)33(44)27-7-2-1-3-8-27)13-18-40-16-6-17-41(21-20-40)34-39-31-9-4-5-10-32(31)43(34)22-24-45-23-15-38/h1-5,7-12,25H,6,13-14,16-24,26H2. The number of ether oxygens (including phenoxy) is 1. The zero-order chi connectivity index (χ0) is 31.2. The van der Waals surface area contributed by atoms with Crippen molar-refractivity contribution in [3.05, 3.63) is 94.0 Å². The average Bonchev–Trinajstić information content (AvgIpc) is 3.58. The van der Waals surface area contributed by atoms with Gasteiger partial charge in [0.1, 0.15) is 6.61 Å². The quantitative estimate of drug-likeness (QED) is 0.189. The van der Waals surface area contributed by atoms with Crippen molar-refractivity contribution in [2.75, 3.05) is 63.9 Å².